The Kier molecular flexibility index (Phi) is 4.31. The average Bonchev–Trinajstić information content (AvgIpc) is 2.78. The topological polar surface area (TPSA) is 24.9 Å². The van der Waals surface area contributed by atoms with E-state index in [1.165, 1.54) is 16.0 Å². The summed E-state index contributed by atoms with van der Waals surface area (Å²) in [5.74, 6) is 0. The fourth-order valence-corrected chi connectivity index (χ4v) is 2.91. The molecule has 17 heavy (non-hydrogen) atoms. The van der Waals surface area contributed by atoms with Gasteiger partial charge in [0.1, 0.15) is 5.01 Å². The zero-order valence-corrected chi connectivity index (χ0v) is 12.4. The van der Waals surface area contributed by atoms with Crippen LogP contribution in [0, 0.1) is 6.92 Å². The van der Waals surface area contributed by atoms with E-state index in [4.69, 9.17) is 0 Å². The molecule has 2 aromatic rings. The molecule has 1 aromatic heterocycles. The molecule has 4 heteroatoms. The summed E-state index contributed by atoms with van der Waals surface area (Å²) in [6.45, 7) is 6.12. The number of halogens is 1. The number of nitrogens with zero attached hydrogens (tertiary/aromatic N) is 1. The van der Waals surface area contributed by atoms with Gasteiger partial charge in [0.25, 0.3) is 0 Å². The molecule has 0 fully saturated rings. The van der Waals surface area contributed by atoms with Crippen molar-refractivity contribution in [2.45, 2.75) is 20.4 Å². The van der Waals surface area contributed by atoms with E-state index in [0.29, 0.717) is 0 Å². The molecule has 0 aliphatic rings. The van der Waals surface area contributed by atoms with Crippen molar-refractivity contribution >= 4 is 27.3 Å². The minimum Gasteiger partial charge on any atom is -0.312 e. The molecule has 0 aliphatic carbocycles. The molecule has 0 unspecified atom stereocenters. The van der Waals surface area contributed by atoms with Crippen molar-refractivity contribution < 1.29 is 0 Å². The van der Waals surface area contributed by atoms with Crippen LogP contribution < -0.4 is 5.32 Å². The van der Waals surface area contributed by atoms with Crippen LogP contribution in [0.5, 0.6) is 0 Å². The summed E-state index contributed by atoms with van der Waals surface area (Å²) in [6.07, 6.45) is 1.96. The van der Waals surface area contributed by atoms with Crippen molar-refractivity contribution in [2.24, 2.45) is 0 Å². The Labute approximate surface area is 114 Å². The van der Waals surface area contributed by atoms with Crippen LogP contribution in [0.25, 0.3) is 10.6 Å². The van der Waals surface area contributed by atoms with Gasteiger partial charge in [-0.05, 0) is 31.2 Å². The summed E-state index contributed by atoms with van der Waals surface area (Å²) >= 11 is 5.26. The molecule has 1 heterocycles. The lowest BCUT2D eigenvalue weighted by Gasteiger charge is -2.02. The molecule has 0 radical (unpaired) electrons. The molecular weight excluding hydrogens is 296 g/mol. The van der Waals surface area contributed by atoms with E-state index in [9.17, 15) is 0 Å². The molecule has 90 valence electrons. The van der Waals surface area contributed by atoms with E-state index >= 15 is 0 Å². The van der Waals surface area contributed by atoms with Gasteiger partial charge >= 0.3 is 0 Å². The highest BCUT2D eigenvalue weighted by molar-refractivity contribution is 9.10. The Balaban J connectivity index is 2.27. The third-order valence-corrected chi connectivity index (χ3v) is 4.06. The van der Waals surface area contributed by atoms with Crippen molar-refractivity contribution in [3.8, 4) is 10.6 Å². The fourth-order valence-electron chi connectivity index (χ4n) is 1.59. The maximum atomic E-state index is 4.50. The van der Waals surface area contributed by atoms with Crippen molar-refractivity contribution in [1.82, 2.24) is 10.3 Å². The molecule has 0 bridgehead atoms. The van der Waals surface area contributed by atoms with Crippen LogP contribution in [0.4, 0.5) is 0 Å². The van der Waals surface area contributed by atoms with E-state index < -0.39 is 0 Å². The fraction of sp³-hybridized carbons (Fsp3) is 0.308. The highest BCUT2D eigenvalue weighted by Gasteiger charge is 2.07. The van der Waals surface area contributed by atoms with Gasteiger partial charge < -0.3 is 5.32 Å². The second kappa shape index (κ2) is 5.76. The Hall–Kier alpha value is -0.710. The van der Waals surface area contributed by atoms with E-state index in [-0.39, 0.29) is 0 Å². The second-order valence-corrected chi connectivity index (χ2v) is 5.90. The molecular formula is C13H15BrN2S. The van der Waals surface area contributed by atoms with Crippen LogP contribution in [0.1, 0.15) is 17.4 Å². The first-order chi connectivity index (χ1) is 8.20. The lowest BCUT2D eigenvalue weighted by atomic mass is 10.1. The molecule has 0 amide bonds. The van der Waals surface area contributed by atoms with E-state index in [1.807, 2.05) is 6.20 Å². The number of hydrogen-bond acceptors (Lipinski definition) is 3. The zero-order valence-electron chi connectivity index (χ0n) is 9.96. The molecule has 0 aliphatic heterocycles. The van der Waals surface area contributed by atoms with Crippen LogP contribution in [0.15, 0.2) is 28.9 Å². The Morgan fingerprint density at radius 1 is 1.41 bits per heavy atom. The molecule has 1 aromatic carbocycles. The minimum atomic E-state index is 0.904. The predicted octanol–water partition coefficient (Wildman–Crippen LogP) is 3.99. The summed E-state index contributed by atoms with van der Waals surface area (Å²) < 4.78 is 1.10. The number of nitrogens with one attached hydrogen (secondary N) is 1. The Bertz CT molecular complexity index is 508. The summed E-state index contributed by atoms with van der Waals surface area (Å²) in [5, 5.41) is 4.41. The van der Waals surface area contributed by atoms with Crippen molar-refractivity contribution in [3.63, 3.8) is 0 Å². The van der Waals surface area contributed by atoms with Gasteiger partial charge in [-0.25, -0.2) is 4.98 Å². The first-order valence-corrected chi connectivity index (χ1v) is 7.23. The van der Waals surface area contributed by atoms with Crippen LogP contribution in [-0.2, 0) is 6.54 Å². The number of rotatable bonds is 4. The average molecular weight is 311 g/mol. The van der Waals surface area contributed by atoms with Gasteiger partial charge in [-0.15, -0.1) is 11.3 Å². The smallest absolute Gasteiger partial charge is 0.123 e. The van der Waals surface area contributed by atoms with E-state index in [1.54, 1.807) is 11.3 Å². The van der Waals surface area contributed by atoms with Crippen LogP contribution in [0.2, 0.25) is 0 Å². The largest absolute Gasteiger partial charge is 0.312 e. The quantitative estimate of drug-likeness (QED) is 0.923. The molecule has 0 spiro atoms. The van der Waals surface area contributed by atoms with Gasteiger partial charge in [-0.3, -0.25) is 0 Å². The highest BCUT2D eigenvalue weighted by atomic mass is 79.9. The van der Waals surface area contributed by atoms with Crippen molar-refractivity contribution in [2.75, 3.05) is 6.54 Å². The van der Waals surface area contributed by atoms with Gasteiger partial charge in [-0.2, -0.15) is 0 Å². The Morgan fingerprint density at radius 3 is 3.00 bits per heavy atom. The molecule has 2 nitrogen and oxygen atoms in total. The molecule has 0 saturated carbocycles. The summed E-state index contributed by atoms with van der Waals surface area (Å²) in [7, 11) is 0. The first kappa shape index (κ1) is 12.7. The lowest BCUT2D eigenvalue weighted by molar-refractivity contribution is 0.734. The van der Waals surface area contributed by atoms with Crippen molar-refractivity contribution in [1.29, 1.82) is 0 Å². The third kappa shape index (κ3) is 3.15. The number of aryl methyl sites for hydroxylation is 1. The molecule has 1 N–H and O–H groups in total. The Morgan fingerprint density at radius 2 is 2.24 bits per heavy atom. The molecule has 0 saturated heterocycles. The summed E-state index contributed by atoms with van der Waals surface area (Å²) in [4.78, 5) is 5.78. The highest BCUT2D eigenvalue weighted by Crippen LogP contribution is 2.30. The number of benzene rings is 1. The summed E-state index contributed by atoms with van der Waals surface area (Å²) in [6, 6.07) is 6.31. The van der Waals surface area contributed by atoms with Gasteiger partial charge in [0.2, 0.25) is 0 Å². The SMILES string of the molecule is CCNCc1cnc(-c2cc(Br)ccc2C)s1. The normalized spacial score (nSPS) is 10.8. The first-order valence-electron chi connectivity index (χ1n) is 5.62. The van der Waals surface area contributed by atoms with Crippen LogP contribution in [-0.4, -0.2) is 11.5 Å². The molecule has 0 atom stereocenters. The maximum absolute atomic E-state index is 4.50. The van der Waals surface area contributed by atoms with Crippen molar-refractivity contribution in [3.05, 3.63) is 39.3 Å². The van der Waals surface area contributed by atoms with Gasteiger partial charge in [-0.1, -0.05) is 28.9 Å². The number of aromatic nitrogens is 1. The monoisotopic (exact) mass is 310 g/mol. The zero-order chi connectivity index (χ0) is 12.3. The van der Waals surface area contributed by atoms with Crippen LogP contribution >= 0.6 is 27.3 Å². The van der Waals surface area contributed by atoms with Gasteiger partial charge in [0, 0.05) is 27.7 Å². The van der Waals surface area contributed by atoms with E-state index in [0.717, 1.165) is 22.6 Å². The number of thiazole rings is 1. The third-order valence-electron chi connectivity index (χ3n) is 2.53. The lowest BCUT2D eigenvalue weighted by Crippen LogP contribution is -2.10. The van der Waals surface area contributed by atoms with Gasteiger partial charge in [0.05, 0.1) is 0 Å². The van der Waals surface area contributed by atoms with E-state index in [2.05, 4.69) is 58.3 Å². The van der Waals surface area contributed by atoms with Crippen LogP contribution in [0.3, 0.4) is 0 Å². The maximum Gasteiger partial charge on any atom is 0.123 e. The summed E-state index contributed by atoms with van der Waals surface area (Å²) in [5.41, 5.74) is 2.48. The number of hydrogen-bond donors (Lipinski definition) is 1. The minimum absolute atomic E-state index is 0.904. The standard InChI is InChI=1S/C13H15BrN2S/c1-3-15-7-11-8-16-13(17-11)12-6-10(14)5-4-9(12)2/h4-6,8,15H,3,7H2,1-2H3. The predicted molar refractivity (Wildman–Crippen MR) is 77.4 cm³/mol. The second-order valence-electron chi connectivity index (χ2n) is 3.87. The van der Waals surface area contributed by atoms with Gasteiger partial charge in [0.15, 0.2) is 0 Å². The molecule has 2 rings (SSSR count).